The molecule has 0 spiro atoms. The Balaban J connectivity index is 1.37. The zero-order valence-electron chi connectivity index (χ0n) is 15.8. The number of hydrogen-bond acceptors (Lipinski definition) is 5. The van der Waals surface area contributed by atoms with Crippen LogP contribution in [0.25, 0.3) is 5.65 Å². The second-order valence-electron chi connectivity index (χ2n) is 7.30. The molecule has 0 unspecified atom stereocenters. The summed E-state index contributed by atoms with van der Waals surface area (Å²) >= 11 is 5.92. The quantitative estimate of drug-likeness (QED) is 0.709. The number of fused-ring (bicyclic) bond motifs is 1. The highest BCUT2D eigenvalue weighted by atomic mass is 35.5. The summed E-state index contributed by atoms with van der Waals surface area (Å²) in [5.74, 6) is -0.0532. The number of carbonyl (C=O) groups is 1. The lowest BCUT2D eigenvalue weighted by Crippen LogP contribution is -2.45. The molecule has 1 aromatic carbocycles. The van der Waals surface area contributed by atoms with Crippen LogP contribution in [-0.4, -0.2) is 43.6 Å². The highest BCUT2D eigenvalue weighted by Crippen LogP contribution is 2.33. The lowest BCUT2D eigenvalue weighted by Gasteiger charge is -2.38. The van der Waals surface area contributed by atoms with E-state index in [-0.39, 0.29) is 30.0 Å². The molecule has 1 aliphatic heterocycles. The van der Waals surface area contributed by atoms with Gasteiger partial charge in [0.05, 0.1) is 5.60 Å². The van der Waals surface area contributed by atoms with Crippen molar-refractivity contribution in [1.29, 1.82) is 0 Å². The van der Waals surface area contributed by atoms with Crippen molar-refractivity contribution in [1.82, 2.24) is 19.5 Å². The van der Waals surface area contributed by atoms with Crippen molar-refractivity contribution in [2.24, 2.45) is 0 Å². The number of carbonyl (C=O) groups excluding carboxylic acids is 1. The first-order chi connectivity index (χ1) is 14.0. The van der Waals surface area contributed by atoms with Gasteiger partial charge in [-0.25, -0.2) is 0 Å². The number of pyridine rings is 1. The molecular formula is C21H21ClN4O3. The number of nitrogens with zero attached hydrogens (tertiary/aromatic N) is 4. The molecule has 1 saturated heterocycles. The van der Waals surface area contributed by atoms with Crippen LogP contribution in [0.1, 0.15) is 30.5 Å². The molecule has 2 aromatic heterocycles. The molecule has 0 saturated carbocycles. The summed E-state index contributed by atoms with van der Waals surface area (Å²) < 4.78 is 1.43. The highest BCUT2D eigenvalue weighted by Gasteiger charge is 2.35. The van der Waals surface area contributed by atoms with Crippen molar-refractivity contribution in [3.63, 3.8) is 0 Å². The Kier molecular flexibility index (Phi) is 5.34. The van der Waals surface area contributed by atoms with Gasteiger partial charge in [0.15, 0.2) is 5.65 Å². The molecule has 0 bridgehead atoms. The van der Waals surface area contributed by atoms with Gasteiger partial charge in [0, 0.05) is 37.2 Å². The van der Waals surface area contributed by atoms with E-state index >= 15 is 0 Å². The van der Waals surface area contributed by atoms with Gasteiger partial charge in [-0.2, -0.15) is 0 Å². The number of likely N-dealkylation sites (tertiary alicyclic amines) is 1. The zero-order valence-corrected chi connectivity index (χ0v) is 16.5. The summed E-state index contributed by atoms with van der Waals surface area (Å²) in [5.41, 5.74) is 0.360. The Hall–Kier alpha value is -2.77. The minimum absolute atomic E-state index is 0.0532. The van der Waals surface area contributed by atoms with Gasteiger partial charge in [-0.15, -0.1) is 10.2 Å². The summed E-state index contributed by atoms with van der Waals surface area (Å²) in [4.78, 5) is 26.8. The molecule has 0 atom stereocenters. The molecular weight excluding hydrogens is 392 g/mol. The predicted octanol–water partition coefficient (Wildman–Crippen LogP) is 2.19. The van der Waals surface area contributed by atoms with Crippen molar-refractivity contribution >= 4 is 23.2 Å². The lowest BCUT2D eigenvalue weighted by molar-refractivity contribution is -0.135. The van der Waals surface area contributed by atoms with Crippen molar-refractivity contribution < 1.29 is 9.90 Å². The Bertz CT molecular complexity index is 1090. The summed E-state index contributed by atoms with van der Waals surface area (Å²) in [6.07, 6.45) is 2.97. The molecule has 1 aliphatic rings. The van der Waals surface area contributed by atoms with Crippen LogP contribution in [0.3, 0.4) is 0 Å². The maximum atomic E-state index is 12.6. The average molecular weight is 413 g/mol. The number of aromatic nitrogens is 3. The second kappa shape index (κ2) is 7.93. The number of aryl methyl sites for hydroxylation is 1. The van der Waals surface area contributed by atoms with Gasteiger partial charge in [0.25, 0.3) is 5.56 Å². The zero-order chi connectivity index (χ0) is 20.4. The largest absolute Gasteiger partial charge is 0.385 e. The number of benzene rings is 1. The predicted molar refractivity (Wildman–Crippen MR) is 109 cm³/mol. The van der Waals surface area contributed by atoms with Crippen LogP contribution in [0.15, 0.2) is 53.5 Å². The second-order valence-corrected chi connectivity index (χ2v) is 7.74. The number of amides is 1. The first-order valence-electron chi connectivity index (χ1n) is 9.55. The molecule has 3 aromatic rings. The van der Waals surface area contributed by atoms with E-state index in [1.165, 1.54) is 4.40 Å². The van der Waals surface area contributed by atoms with Gasteiger partial charge >= 0.3 is 0 Å². The molecule has 0 radical (unpaired) electrons. The summed E-state index contributed by atoms with van der Waals surface area (Å²) in [5, 5.41) is 19.6. The monoisotopic (exact) mass is 412 g/mol. The van der Waals surface area contributed by atoms with Crippen molar-refractivity contribution in [3.05, 3.63) is 75.3 Å². The molecule has 1 fully saturated rings. The van der Waals surface area contributed by atoms with Gasteiger partial charge in [0.1, 0.15) is 5.69 Å². The number of rotatable bonds is 4. The van der Waals surface area contributed by atoms with E-state index in [0.717, 1.165) is 5.56 Å². The number of aliphatic hydroxyl groups is 1. The SMILES string of the molecule is O=C(CCc1nnc2ccccn2c1=O)N1CCC(O)(c2ccc(Cl)cc2)CC1. The van der Waals surface area contributed by atoms with Crippen LogP contribution >= 0.6 is 11.6 Å². The molecule has 4 rings (SSSR count). The third-order valence-corrected chi connectivity index (χ3v) is 5.73. The standard InChI is InChI=1S/C21H21ClN4O3/c22-16-6-4-15(5-7-16)21(29)10-13-25(14-11-21)19(27)9-8-17-20(28)26-12-2-1-3-18(26)24-23-17/h1-7,12,29H,8-11,13-14H2. The van der Waals surface area contributed by atoms with Crippen molar-refractivity contribution in [3.8, 4) is 0 Å². The van der Waals surface area contributed by atoms with Crippen LogP contribution in [0.2, 0.25) is 5.02 Å². The molecule has 29 heavy (non-hydrogen) atoms. The Labute approximate surface area is 172 Å². The fourth-order valence-corrected chi connectivity index (χ4v) is 3.82. The van der Waals surface area contributed by atoms with Crippen LogP contribution < -0.4 is 5.56 Å². The first-order valence-corrected chi connectivity index (χ1v) is 9.93. The highest BCUT2D eigenvalue weighted by molar-refractivity contribution is 6.30. The molecule has 7 nitrogen and oxygen atoms in total. The van der Waals surface area contributed by atoms with Crippen LogP contribution in [0, 0.1) is 0 Å². The van der Waals surface area contributed by atoms with E-state index in [1.54, 1.807) is 41.4 Å². The van der Waals surface area contributed by atoms with E-state index in [2.05, 4.69) is 10.2 Å². The number of piperidine rings is 1. The van der Waals surface area contributed by atoms with E-state index in [4.69, 9.17) is 11.6 Å². The maximum absolute atomic E-state index is 12.6. The first kappa shape index (κ1) is 19.5. The third kappa shape index (κ3) is 4.02. The number of halogens is 1. The Morgan fingerprint density at radius 2 is 1.83 bits per heavy atom. The summed E-state index contributed by atoms with van der Waals surface area (Å²) in [6, 6.07) is 12.4. The van der Waals surface area contributed by atoms with Gasteiger partial charge in [-0.3, -0.25) is 14.0 Å². The maximum Gasteiger partial charge on any atom is 0.279 e. The van der Waals surface area contributed by atoms with Gasteiger partial charge in [0.2, 0.25) is 5.91 Å². The van der Waals surface area contributed by atoms with E-state index < -0.39 is 5.60 Å². The third-order valence-electron chi connectivity index (χ3n) is 5.48. The van der Waals surface area contributed by atoms with Crippen molar-refractivity contribution in [2.75, 3.05) is 13.1 Å². The summed E-state index contributed by atoms with van der Waals surface area (Å²) in [7, 11) is 0. The molecule has 0 aliphatic carbocycles. The average Bonchev–Trinajstić information content (AvgIpc) is 2.74. The fourth-order valence-electron chi connectivity index (χ4n) is 3.70. The normalized spacial score (nSPS) is 16.1. The smallest absolute Gasteiger partial charge is 0.279 e. The molecule has 150 valence electrons. The van der Waals surface area contributed by atoms with Crippen LogP contribution in [0.4, 0.5) is 0 Å². The van der Waals surface area contributed by atoms with E-state index in [1.807, 2.05) is 12.1 Å². The van der Waals surface area contributed by atoms with Crippen LogP contribution in [0.5, 0.6) is 0 Å². The molecule has 3 heterocycles. The van der Waals surface area contributed by atoms with Crippen molar-refractivity contribution in [2.45, 2.75) is 31.3 Å². The van der Waals surface area contributed by atoms with E-state index in [9.17, 15) is 14.7 Å². The lowest BCUT2D eigenvalue weighted by atomic mass is 9.84. The molecule has 1 amide bonds. The minimum atomic E-state index is -0.954. The van der Waals surface area contributed by atoms with Gasteiger partial charge in [-0.05, 0) is 42.7 Å². The Morgan fingerprint density at radius 1 is 1.10 bits per heavy atom. The van der Waals surface area contributed by atoms with Crippen LogP contribution in [-0.2, 0) is 16.8 Å². The van der Waals surface area contributed by atoms with Gasteiger partial charge in [-0.1, -0.05) is 29.8 Å². The fraction of sp³-hybridized carbons (Fsp3) is 0.333. The topological polar surface area (TPSA) is 87.8 Å². The van der Waals surface area contributed by atoms with E-state index in [0.29, 0.717) is 36.6 Å². The molecule has 1 N–H and O–H groups in total. The number of hydrogen-bond donors (Lipinski definition) is 1. The Morgan fingerprint density at radius 3 is 2.55 bits per heavy atom. The molecule has 8 heteroatoms. The van der Waals surface area contributed by atoms with Gasteiger partial charge < -0.3 is 10.0 Å². The summed E-state index contributed by atoms with van der Waals surface area (Å²) in [6.45, 7) is 0.917. The minimum Gasteiger partial charge on any atom is -0.385 e.